The van der Waals surface area contributed by atoms with Crippen LogP contribution in [0.15, 0.2) is 34.8 Å². The van der Waals surface area contributed by atoms with Gasteiger partial charge in [0.25, 0.3) is 0 Å². The van der Waals surface area contributed by atoms with E-state index >= 15 is 0 Å². The number of aryl methyl sites for hydroxylation is 1. The summed E-state index contributed by atoms with van der Waals surface area (Å²) in [6, 6.07) is 7.90. The fourth-order valence-electron chi connectivity index (χ4n) is 1.26. The van der Waals surface area contributed by atoms with E-state index in [-0.39, 0.29) is 26.8 Å². The van der Waals surface area contributed by atoms with E-state index in [2.05, 4.69) is 5.32 Å². The number of imide groups is 1. The minimum atomic E-state index is -0.301. The third kappa shape index (κ3) is 2.17. The van der Waals surface area contributed by atoms with Crippen molar-refractivity contribution >= 4 is 31.2 Å². The molecule has 4 heteroatoms. The van der Waals surface area contributed by atoms with E-state index in [0.29, 0.717) is 4.47 Å². The minimum absolute atomic E-state index is 0.0818. The summed E-state index contributed by atoms with van der Waals surface area (Å²) in [5.74, 6) is -0.547. The predicted molar refractivity (Wildman–Crippen MR) is 57.8 cm³/mol. The number of hydrogen-bond donors (Lipinski definition) is 1. The molecule has 0 fully saturated rings. The van der Waals surface area contributed by atoms with Crippen LogP contribution in [0, 0.1) is 6.92 Å². The van der Waals surface area contributed by atoms with Gasteiger partial charge in [0.2, 0.25) is 0 Å². The van der Waals surface area contributed by atoms with E-state index in [1.165, 1.54) is 6.08 Å². The number of nitrogens with one attached hydrogen (secondary N) is 1. The summed E-state index contributed by atoms with van der Waals surface area (Å²) in [6.45, 7) is 2.01. The van der Waals surface area contributed by atoms with Crippen LogP contribution in [-0.2, 0) is 9.59 Å². The van der Waals surface area contributed by atoms with Gasteiger partial charge >= 0.3 is 93.4 Å². The Balaban J connectivity index is 2.23. The molecule has 1 aliphatic rings. The van der Waals surface area contributed by atoms with Crippen LogP contribution in [0.5, 0.6) is 0 Å². The zero-order chi connectivity index (χ0) is 10.8. The van der Waals surface area contributed by atoms with E-state index in [9.17, 15) is 9.59 Å². The summed E-state index contributed by atoms with van der Waals surface area (Å²) in [5.41, 5.74) is 1.16. The van der Waals surface area contributed by atoms with Crippen molar-refractivity contribution in [2.45, 2.75) is 6.92 Å². The second kappa shape index (κ2) is 4.01. The molecule has 0 aromatic heterocycles. The topological polar surface area (TPSA) is 46.2 Å². The first kappa shape index (κ1) is 10.1. The molecule has 1 aromatic carbocycles. The average molecular weight is 266 g/mol. The molecule has 0 saturated carbocycles. The van der Waals surface area contributed by atoms with E-state index in [0.717, 1.165) is 10.0 Å². The molecule has 0 saturated heterocycles. The maximum atomic E-state index is 11.3. The molecule has 15 heavy (non-hydrogen) atoms. The number of rotatable bonds is 2. The first-order valence-corrected chi connectivity index (χ1v) is 6.18. The molecule has 0 spiro atoms. The Hall–Kier alpha value is -1.38. The van der Waals surface area contributed by atoms with Gasteiger partial charge in [-0.3, -0.25) is 0 Å². The van der Waals surface area contributed by atoms with Crippen LogP contribution in [0.2, 0.25) is 0 Å². The van der Waals surface area contributed by atoms with Crippen molar-refractivity contribution in [2.24, 2.45) is 0 Å². The summed E-state index contributed by atoms with van der Waals surface area (Å²) in [4.78, 5) is 22.3. The van der Waals surface area contributed by atoms with Crippen molar-refractivity contribution in [3.05, 3.63) is 40.4 Å². The summed E-state index contributed by atoms with van der Waals surface area (Å²) >= 11 is -0.0818. The van der Waals surface area contributed by atoms with Gasteiger partial charge in [0.05, 0.1) is 0 Å². The molecular formula is C11H9NO2Se. The molecule has 1 aliphatic heterocycles. The molecule has 76 valence electrons. The summed E-state index contributed by atoms with van der Waals surface area (Å²) < 4.78 is 1.74. The molecule has 0 unspecified atom stereocenters. The van der Waals surface area contributed by atoms with Gasteiger partial charge in [-0.25, -0.2) is 0 Å². The van der Waals surface area contributed by atoms with Gasteiger partial charge in [-0.2, -0.15) is 0 Å². The number of carbonyl (C=O) groups is 2. The monoisotopic (exact) mass is 267 g/mol. The van der Waals surface area contributed by atoms with Crippen molar-refractivity contribution in [1.82, 2.24) is 5.32 Å². The Kier molecular flexibility index (Phi) is 2.71. The summed E-state index contributed by atoms with van der Waals surface area (Å²) in [7, 11) is 0. The SMILES string of the molecule is Cc1ccccc1[Se]C1=CC(=O)NC1=O. The Labute approximate surface area is 93.7 Å². The molecule has 1 N–H and O–H groups in total. The summed E-state index contributed by atoms with van der Waals surface area (Å²) in [5, 5.41) is 2.25. The zero-order valence-electron chi connectivity index (χ0n) is 8.11. The van der Waals surface area contributed by atoms with Crippen LogP contribution < -0.4 is 9.78 Å². The van der Waals surface area contributed by atoms with Gasteiger partial charge in [-0.1, -0.05) is 0 Å². The standard InChI is InChI=1S/C11H9NO2Se/c1-7-4-2-3-5-8(7)15-9-6-10(13)12-11(9)14/h2-6H,1H3,(H,12,13,14). The molecule has 0 atom stereocenters. The molecule has 3 nitrogen and oxygen atoms in total. The fourth-order valence-corrected chi connectivity index (χ4v) is 3.19. The van der Waals surface area contributed by atoms with Crippen LogP contribution in [0.25, 0.3) is 0 Å². The third-order valence-corrected chi connectivity index (χ3v) is 4.56. The van der Waals surface area contributed by atoms with Crippen molar-refractivity contribution in [2.75, 3.05) is 0 Å². The van der Waals surface area contributed by atoms with Crippen LogP contribution in [0.4, 0.5) is 0 Å². The number of carbonyl (C=O) groups excluding carboxylic acids is 2. The molecular weight excluding hydrogens is 257 g/mol. The molecule has 0 aliphatic carbocycles. The van der Waals surface area contributed by atoms with Crippen LogP contribution in [0.1, 0.15) is 5.56 Å². The van der Waals surface area contributed by atoms with Gasteiger partial charge in [0, 0.05) is 0 Å². The Morgan fingerprint density at radius 1 is 1.20 bits per heavy atom. The Morgan fingerprint density at radius 3 is 2.53 bits per heavy atom. The van der Waals surface area contributed by atoms with E-state index in [1.54, 1.807) is 0 Å². The van der Waals surface area contributed by atoms with Crippen molar-refractivity contribution < 1.29 is 9.59 Å². The van der Waals surface area contributed by atoms with Crippen LogP contribution >= 0.6 is 0 Å². The first-order valence-electron chi connectivity index (χ1n) is 4.47. The number of benzene rings is 1. The normalized spacial score (nSPS) is 15.1. The van der Waals surface area contributed by atoms with Gasteiger partial charge in [-0.05, 0) is 0 Å². The molecule has 0 bridgehead atoms. The van der Waals surface area contributed by atoms with E-state index < -0.39 is 0 Å². The second-order valence-electron chi connectivity index (χ2n) is 3.19. The maximum absolute atomic E-state index is 11.3. The zero-order valence-corrected chi connectivity index (χ0v) is 9.82. The van der Waals surface area contributed by atoms with Crippen LogP contribution in [0.3, 0.4) is 0 Å². The quantitative estimate of drug-likeness (QED) is 0.598. The van der Waals surface area contributed by atoms with Gasteiger partial charge in [0.15, 0.2) is 0 Å². The van der Waals surface area contributed by atoms with Gasteiger partial charge in [-0.15, -0.1) is 0 Å². The van der Waals surface area contributed by atoms with Crippen LogP contribution in [-0.4, -0.2) is 26.8 Å². The average Bonchev–Trinajstić information content (AvgIpc) is 2.49. The van der Waals surface area contributed by atoms with Crippen molar-refractivity contribution in [1.29, 1.82) is 0 Å². The fraction of sp³-hybridized carbons (Fsp3) is 0.0909. The predicted octanol–water partition coefficient (Wildman–Crippen LogP) is -0.135. The van der Waals surface area contributed by atoms with Gasteiger partial charge < -0.3 is 0 Å². The second-order valence-corrected chi connectivity index (χ2v) is 5.47. The molecule has 0 radical (unpaired) electrons. The molecule has 1 heterocycles. The summed E-state index contributed by atoms with van der Waals surface area (Å²) in [6.07, 6.45) is 1.40. The first-order chi connectivity index (χ1) is 7.16. The number of hydrogen-bond acceptors (Lipinski definition) is 2. The molecule has 2 rings (SSSR count). The molecule has 2 amide bonds. The Morgan fingerprint density at radius 2 is 1.93 bits per heavy atom. The van der Waals surface area contributed by atoms with Crippen molar-refractivity contribution in [3.8, 4) is 0 Å². The van der Waals surface area contributed by atoms with E-state index in [4.69, 9.17) is 0 Å². The van der Waals surface area contributed by atoms with Gasteiger partial charge in [0.1, 0.15) is 0 Å². The molecule has 1 aromatic rings. The van der Waals surface area contributed by atoms with Crippen molar-refractivity contribution in [3.63, 3.8) is 0 Å². The number of amides is 2. The van der Waals surface area contributed by atoms with E-state index in [1.807, 2.05) is 31.2 Å². The Bertz CT molecular complexity index is 465. The third-order valence-electron chi connectivity index (χ3n) is 2.04.